The highest BCUT2D eigenvalue weighted by molar-refractivity contribution is 9.10. The highest BCUT2D eigenvalue weighted by atomic mass is 79.9. The van der Waals surface area contributed by atoms with Gasteiger partial charge in [-0.15, -0.1) is 0 Å². The summed E-state index contributed by atoms with van der Waals surface area (Å²) in [6, 6.07) is 6.09. The van der Waals surface area contributed by atoms with Gasteiger partial charge in [-0.3, -0.25) is 9.59 Å². The van der Waals surface area contributed by atoms with Gasteiger partial charge in [0, 0.05) is 24.0 Å². The summed E-state index contributed by atoms with van der Waals surface area (Å²) in [7, 11) is 0. The number of carboxylic acids is 1. The predicted molar refractivity (Wildman–Crippen MR) is 84.1 cm³/mol. The van der Waals surface area contributed by atoms with E-state index in [0.29, 0.717) is 32.4 Å². The van der Waals surface area contributed by atoms with Crippen LogP contribution < -0.4 is 0 Å². The van der Waals surface area contributed by atoms with Gasteiger partial charge in [0.15, 0.2) is 0 Å². The Kier molecular flexibility index (Phi) is 5.39. The van der Waals surface area contributed by atoms with Crippen molar-refractivity contribution >= 4 is 27.8 Å². The first kappa shape index (κ1) is 16.0. The number of aryl methyl sites for hydroxylation is 2. The van der Waals surface area contributed by atoms with Crippen LogP contribution in [0.2, 0.25) is 0 Å². The first-order chi connectivity index (χ1) is 9.97. The number of nitrogens with zero attached hydrogens (tertiary/aromatic N) is 1. The summed E-state index contributed by atoms with van der Waals surface area (Å²) in [6.45, 7) is 3.06. The maximum absolute atomic E-state index is 12.2. The summed E-state index contributed by atoms with van der Waals surface area (Å²) in [4.78, 5) is 24.9. The van der Waals surface area contributed by atoms with Gasteiger partial charge in [0.05, 0.1) is 5.92 Å². The minimum Gasteiger partial charge on any atom is -0.481 e. The fraction of sp³-hybridized carbons (Fsp3) is 0.500. The maximum Gasteiger partial charge on any atom is 0.308 e. The lowest BCUT2D eigenvalue weighted by Gasteiger charge is -2.30. The molecule has 0 aromatic heterocycles. The molecule has 1 aromatic rings. The predicted octanol–water partition coefficient (Wildman–Crippen LogP) is 3.01. The topological polar surface area (TPSA) is 57.6 Å². The number of amides is 1. The molecule has 1 aromatic carbocycles. The molecule has 1 unspecified atom stereocenters. The Hall–Kier alpha value is -1.36. The SMILES string of the molecule is Cc1cc(CCC(=O)N2CCCC(C(=O)O)C2)ccc1Br. The smallest absolute Gasteiger partial charge is 0.308 e. The van der Waals surface area contributed by atoms with Crippen molar-refractivity contribution in [3.8, 4) is 0 Å². The number of carboxylic acid groups (broad SMARTS) is 1. The van der Waals surface area contributed by atoms with Crippen molar-refractivity contribution in [2.45, 2.75) is 32.6 Å². The lowest BCUT2D eigenvalue weighted by Crippen LogP contribution is -2.42. The average Bonchev–Trinajstić information content (AvgIpc) is 2.48. The summed E-state index contributed by atoms with van der Waals surface area (Å²) < 4.78 is 1.07. The maximum atomic E-state index is 12.2. The second-order valence-electron chi connectivity index (χ2n) is 5.60. The van der Waals surface area contributed by atoms with Crippen LogP contribution in [0.4, 0.5) is 0 Å². The molecule has 0 bridgehead atoms. The lowest BCUT2D eigenvalue weighted by molar-refractivity contribution is -0.145. The quantitative estimate of drug-likeness (QED) is 0.904. The molecule has 2 rings (SSSR count). The fourth-order valence-corrected chi connectivity index (χ4v) is 2.92. The number of hydrogen-bond acceptors (Lipinski definition) is 2. The molecule has 1 fully saturated rings. The van der Waals surface area contributed by atoms with Gasteiger partial charge in [-0.1, -0.05) is 28.1 Å². The van der Waals surface area contributed by atoms with E-state index in [4.69, 9.17) is 5.11 Å². The number of piperidine rings is 1. The second kappa shape index (κ2) is 7.07. The number of halogens is 1. The normalized spacial score (nSPS) is 18.6. The molecule has 1 N–H and O–H groups in total. The van der Waals surface area contributed by atoms with E-state index in [-0.39, 0.29) is 5.91 Å². The van der Waals surface area contributed by atoms with E-state index in [1.807, 2.05) is 19.1 Å². The molecule has 4 nitrogen and oxygen atoms in total. The summed E-state index contributed by atoms with van der Waals surface area (Å²) in [6.07, 6.45) is 2.58. The van der Waals surface area contributed by atoms with Crippen molar-refractivity contribution in [1.82, 2.24) is 4.90 Å². The molecular formula is C16H20BrNO3. The largest absolute Gasteiger partial charge is 0.481 e. The van der Waals surface area contributed by atoms with Crippen molar-refractivity contribution in [3.05, 3.63) is 33.8 Å². The Bertz CT molecular complexity index is 544. The van der Waals surface area contributed by atoms with E-state index in [1.54, 1.807) is 4.90 Å². The monoisotopic (exact) mass is 353 g/mol. The van der Waals surface area contributed by atoms with Crippen LogP contribution in [0.3, 0.4) is 0 Å². The molecule has 0 radical (unpaired) electrons. The van der Waals surface area contributed by atoms with Gasteiger partial charge in [-0.25, -0.2) is 0 Å². The number of hydrogen-bond donors (Lipinski definition) is 1. The highest BCUT2D eigenvalue weighted by Crippen LogP contribution is 2.20. The molecule has 5 heteroatoms. The third-order valence-electron chi connectivity index (χ3n) is 3.97. The standard InChI is InChI=1S/C16H20BrNO3/c1-11-9-12(4-6-14(11)17)5-7-15(19)18-8-2-3-13(10-18)16(20)21/h4,6,9,13H,2-3,5,7-8,10H2,1H3,(H,20,21). The first-order valence-electron chi connectivity index (χ1n) is 7.23. The van der Waals surface area contributed by atoms with Crippen molar-refractivity contribution in [1.29, 1.82) is 0 Å². The average molecular weight is 354 g/mol. The molecular weight excluding hydrogens is 334 g/mol. The van der Waals surface area contributed by atoms with Gasteiger partial charge in [0.25, 0.3) is 0 Å². The molecule has 114 valence electrons. The van der Waals surface area contributed by atoms with E-state index in [0.717, 1.165) is 22.0 Å². The van der Waals surface area contributed by atoms with Crippen molar-refractivity contribution < 1.29 is 14.7 Å². The van der Waals surface area contributed by atoms with Crippen LogP contribution in [0.25, 0.3) is 0 Å². The molecule has 1 amide bonds. The molecule has 21 heavy (non-hydrogen) atoms. The van der Waals surface area contributed by atoms with Crippen LogP contribution in [0.1, 0.15) is 30.4 Å². The minimum atomic E-state index is -0.795. The van der Waals surface area contributed by atoms with E-state index >= 15 is 0 Å². The number of likely N-dealkylation sites (tertiary alicyclic amines) is 1. The van der Waals surface area contributed by atoms with Crippen LogP contribution in [0, 0.1) is 12.8 Å². The summed E-state index contributed by atoms with van der Waals surface area (Å²) in [5, 5.41) is 9.06. The lowest BCUT2D eigenvalue weighted by atomic mass is 9.97. The van der Waals surface area contributed by atoms with Crippen LogP contribution in [0.15, 0.2) is 22.7 Å². The van der Waals surface area contributed by atoms with Gasteiger partial charge in [0.2, 0.25) is 5.91 Å². The second-order valence-corrected chi connectivity index (χ2v) is 6.46. The van der Waals surface area contributed by atoms with E-state index in [1.165, 1.54) is 0 Å². The zero-order valence-corrected chi connectivity index (χ0v) is 13.7. The Morgan fingerprint density at radius 1 is 1.43 bits per heavy atom. The van der Waals surface area contributed by atoms with Gasteiger partial charge < -0.3 is 10.0 Å². The number of carbonyl (C=O) groups excluding carboxylic acids is 1. The summed E-state index contributed by atoms with van der Waals surface area (Å²) in [5.74, 6) is -1.14. The fourth-order valence-electron chi connectivity index (χ4n) is 2.68. The Labute approximate surface area is 133 Å². The van der Waals surface area contributed by atoms with E-state index in [9.17, 15) is 9.59 Å². The van der Waals surface area contributed by atoms with Gasteiger partial charge in [-0.05, 0) is 43.4 Å². The van der Waals surface area contributed by atoms with Crippen molar-refractivity contribution in [2.24, 2.45) is 5.92 Å². The summed E-state index contributed by atoms with van der Waals surface area (Å²) >= 11 is 3.46. The third-order valence-corrected chi connectivity index (χ3v) is 4.86. The van der Waals surface area contributed by atoms with Gasteiger partial charge in [-0.2, -0.15) is 0 Å². The zero-order valence-electron chi connectivity index (χ0n) is 12.1. The minimum absolute atomic E-state index is 0.0570. The van der Waals surface area contributed by atoms with Crippen LogP contribution in [-0.4, -0.2) is 35.0 Å². The zero-order chi connectivity index (χ0) is 15.4. The Morgan fingerprint density at radius 3 is 2.86 bits per heavy atom. The number of aliphatic carboxylic acids is 1. The van der Waals surface area contributed by atoms with Crippen molar-refractivity contribution in [2.75, 3.05) is 13.1 Å². The highest BCUT2D eigenvalue weighted by Gasteiger charge is 2.27. The van der Waals surface area contributed by atoms with Gasteiger partial charge >= 0.3 is 5.97 Å². The molecule has 1 atom stereocenters. The van der Waals surface area contributed by atoms with Crippen molar-refractivity contribution in [3.63, 3.8) is 0 Å². The molecule has 0 spiro atoms. The van der Waals surface area contributed by atoms with Crippen LogP contribution >= 0.6 is 15.9 Å². The van der Waals surface area contributed by atoms with Crippen LogP contribution in [-0.2, 0) is 16.0 Å². The van der Waals surface area contributed by atoms with E-state index in [2.05, 4.69) is 22.0 Å². The number of carbonyl (C=O) groups is 2. The molecule has 0 aliphatic carbocycles. The molecule has 1 aliphatic heterocycles. The molecule has 1 saturated heterocycles. The molecule has 1 aliphatic rings. The summed E-state index contributed by atoms with van der Waals surface area (Å²) in [5.41, 5.74) is 2.29. The Balaban J connectivity index is 1.89. The van der Waals surface area contributed by atoms with E-state index < -0.39 is 11.9 Å². The molecule has 1 heterocycles. The van der Waals surface area contributed by atoms with Gasteiger partial charge in [0.1, 0.15) is 0 Å². The first-order valence-corrected chi connectivity index (χ1v) is 8.02. The Morgan fingerprint density at radius 2 is 2.19 bits per heavy atom. The van der Waals surface area contributed by atoms with Crippen LogP contribution in [0.5, 0.6) is 0 Å². The number of rotatable bonds is 4. The number of benzene rings is 1. The third kappa shape index (κ3) is 4.30. The molecule has 0 saturated carbocycles.